The van der Waals surface area contributed by atoms with Crippen molar-refractivity contribution in [1.29, 1.82) is 0 Å². The van der Waals surface area contributed by atoms with Crippen LogP contribution < -0.4 is 5.32 Å². The van der Waals surface area contributed by atoms with Gasteiger partial charge in [-0.25, -0.2) is 29.8 Å². The van der Waals surface area contributed by atoms with Gasteiger partial charge in [-0.2, -0.15) is 13.2 Å². The van der Waals surface area contributed by atoms with Crippen LogP contribution in [0.5, 0.6) is 0 Å². The lowest BCUT2D eigenvalue weighted by molar-refractivity contribution is -0.138. The van der Waals surface area contributed by atoms with Gasteiger partial charge in [-0.1, -0.05) is 0 Å². The maximum Gasteiger partial charge on any atom is 0.419 e. The second-order valence-electron chi connectivity index (χ2n) is 6.17. The Morgan fingerprint density at radius 3 is 2.43 bits per heavy atom. The van der Waals surface area contributed by atoms with Crippen LogP contribution >= 0.6 is 0 Å². The molecule has 0 saturated heterocycles. The van der Waals surface area contributed by atoms with Gasteiger partial charge in [0.05, 0.1) is 29.7 Å². The minimum absolute atomic E-state index is 0.0198. The fourth-order valence-electron chi connectivity index (χ4n) is 2.68. The minimum atomic E-state index is -4.51. The molecule has 0 radical (unpaired) electrons. The molecule has 8 nitrogen and oxygen atoms in total. The average molecular weight is 408 g/mol. The largest absolute Gasteiger partial charge is 0.419 e. The van der Waals surface area contributed by atoms with Crippen molar-refractivity contribution in [2.24, 2.45) is 0 Å². The number of hydrogen-bond donors (Lipinski definition) is 1. The molecule has 30 heavy (non-hydrogen) atoms. The van der Waals surface area contributed by atoms with E-state index < -0.39 is 11.7 Å². The van der Waals surface area contributed by atoms with E-state index in [0.717, 1.165) is 5.56 Å². The van der Waals surface area contributed by atoms with Crippen molar-refractivity contribution >= 4 is 28.5 Å². The molecule has 0 saturated carbocycles. The summed E-state index contributed by atoms with van der Waals surface area (Å²) in [6, 6.07) is 3.29. The SMILES string of the molecule is [C-]#[N+]c1cnc(-c2cnc3c(Nc4ncc(C(F)(F)F)cn4)ccnc3n2)c(C)c1. The number of aryl methyl sites for hydroxylation is 1. The fraction of sp³-hybridized carbons (Fsp3) is 0.105. The third-order valence-corrected chi connectivity index (χ3v) is 4.11. The van der Waals surface area contributed by atoms with E-state index in [1.165, 1.54) is 18.6 Å². The van der Waals surface area contributed by atoms with Crippen LogP contribution in [-0.2, 0) is 6.18 Å². The van der Waals surface area contributed by atoms with E-state index in [2.05, 4.69) is 40.1 Å². The summed E-state index contributed by atoms with van der Waals surface area (Å²) in [5, 5.41) is 2.83. The highest BCUT2D eigenvalue weighted by atomic mass is 19.4. The Labute approximate surface area is 167 Å². The Morgan fingerprint density at radius 1 is 1.00 bits per heavy atom. The van der Waals surface area contributed by atoms with Crippen molar-refractivity contribution in [2.45, 2.75) is 13.1 Å². The molecule has 148 valence electrons. The van der Waals surface area contributed by atoms with Crippen LogP contribution in [0.1, 0.15) is 11.1 Å². The minimum Gasteiger partial charge on any atom is -0.322 e. The topological polar surface area (TPSA) is 93.7 Å². The van der Waals surface area contributed by atoms with Gasteiger partial charge in [0.1, 0.15) is 11.2 Å². The highest BCUT2D eigenvalue weighted by Gasteiger charge is 2.31. The van der Waals surface area contributed by atoms with Gasteiger partial charge in [0.25, 0.3) is 0 Å². The molecular weight excluding hydrogens is 397 g/mol. The molecule has 4 heterocycles. The predicted octanol–water partition coefficient (Wildman–Crippen LogP) is 4.50. The van der Waals surface area contributed by atoms with Crippen LogP contribution in [0.3, 0.4) is 0 Å². The molecule has 0 unspecified atom stereocenters. The van der Waals surface area contributed by atoms with Crippen LogP contribution in [0.25, 0.3) is 27.4 Å². The number of hydrogen-bond acceptors (Lipinski definition) is 7. The van der Waals surface area contributed by atoms with E-state index in [1.54, 1.807) is 12.1 Å². The number of nitrogens with zero attached hydrogens (tertiary/aromatic N) is 7. The Balaban J connectivity index is 1.67. The zero-order valence-corrected chi connectivity index (χ0v) is 15.3. The third kappa shape index (κ3) is 3.70. The number of pyridine rings is 2. The molecule has 4 aromatic rings. The van der Waals surface area contributed by atoms with Gasteiger partial charge < -0.3 is 5.32 Å². The van der Waals surface area contributed by atoms with Gasteiger partial charge in [-0.05, 0) is 24.6 Å². The second-order valence-corrected chi connectivity index (χ2v) is 6.17. The summed E-state index contributed by atoms with van der Waals surface area (Å²) in [7, 11) is 0. The zero-order chi connectivity index (χ0) is 21.3. The van der Waals surface area contributed by atoms with Crippen LogP contribution in [0.2, 0.25) is 0 Å². The number of alkyl halides is 3. The van der Waals surface area contributed by atoms with Crippen LogP contribution in [0.15, 0.2) is 43.1 Å². The zero-order valence-electron chi connectivity index (χ0n) is 15.3. The average Bonchev–Trinajstić information content (AvgIpc) is 2.73. The number of aromatic nitrogens is 6. The van der Waals surface area contributed by atoms with Gasteiger partial charge in [-0.3, -0.25) is 4.98 Å². The van der Waals surface area contributed by atoms with Crippen LogP contribution in [0.4, 0.5) is 30.5 Å². The van der Waals surface area contributed by atoms with Gasteiger partial charge in [0, 0.05) is 24.8 Å². The molecule has 1 N–H and O–H groups in total. The molecule has 11 heteroatoms. The third-order valence-electron chi connectivity index (χ3n) is 4.11. The van der Waals surface area contributed by atoms with Gasteiger partial charge in [0.15, 0.2) is 5.65 Å². The van der Waals surface area contributed by atoms with Gasteiger partial charge in [-0.15, -0.1) is 0 Å². The lowest BCUT2D eigenvalue weighted by atomic mass is 10.1. The summed E-state index contributed by atoms with van der Waals surface area (Å²) in [5.41, 5.74) is 2.43. The normalized spacial score (nSPS) is 11.3. The maximum absolute atomic E-state index is 12.7. The van der Waals surface area contributed by atoms with Crippen molar-refractivity contribution in [3.63, 3.8) is 0 Å². The molecule has 0 aliphatic rings. The number of fused-ring (bicyclic) bond motifs is 1. The molecule has 0 amide bonds. The lowest BCUT2D eigenvalue weighted by Gasteiger charge is -2.10. The Hall–Kier alpha value is -4.20. The van der Waals surface area contributed by atoms with E-state index in [0.29, 0.717) is 46.3 Å². The van der Waals surface area contributed by atoms with E-state index in [4.69, 9.17) is 6.57 Å². The molecule has 0 aliphatic heterocycles. The van der Waals surface area contributed by atoms with E-state index in [1.807, 2.05) is 6.92 Å². The van der Waals surface area contributed by atoms with Crippen molar-refractivity contribution in [1.82, 2.24) is 29.9 Å². The maximum atomic E-state index is 12.7. The van der Waals surface area contributed by atoms with Crippen molar-refractivity contribution in [3.05, 3.63) is 65.7 Å². The summed E-state index contributed by atoms with van der Waals surface area (Å²) >= 11 is 0. The van der Waals surface area contributed by atoms with E-state index in [-0.39, 0.29) is 5.95 Å². The second kappa shape index (κ2) is 7.32. The first-order valence-corrected chi connectivity index (χ1v) is 8.47. The Kier molecular flexibility index (Phi) is 4.67. The van der Waals surface area contributed by atoms with Crippen LogP contribution in [-0.4, -0.2) is 29.9 Å². The first-order chi connectivity index (χ1) is 14.3. The summed E-state index contributed by atoms with van der Waals surface area (Å²) in [6.07, 6.45) is 1.33. The molecule has 0 spiro atoms. The van der Waals surface area contributed by atoms with E-state index >= 15 is 0 Å². The number of rotatable bonds is 3. The lowest BCUT2D eigenvalue weighted by Crippen LogP contribution is -2.07. The van der Waals surface area contributed by atoms with Gasteiger partial charge >= 0.3 is 6.18 Å². The van der Waals surface area contributed by atoms with Crippen molar-refractivity contribution in [2.75, 3.05) is 5.32 Å². The summed E-state index contributed by atoms with van der Waals surface area (Å²) < 4.78 is 38.0. The predicted molar refractivity (Wildman–Crippen MR) is 102 cm³/mol. The number of nitrogens with one attached hydrogen (secondary N) is 1. The van der Waals surface area contributed by atoms with E-state index in [9.17, 15) is 13.2 Å². The van der Waals surface area contributed by atoms with Crippen molar-refractivity contribution in [3.8, 4) is 11.4 Å². The molecule has 0 bridgehead atoms. The Bertz CT molecular complexity index is 1280. The molecule has 0 aliphatic carbocycles. The quantitative estimate of drug-likeness (QED) is 0.499. The highest BCUT2D eigenvalue weighted by molar-refractivity contribution is 5.87. The molecule has 0 atom stereocenters. The molecule has 0 fully saturated rings. The molecule has 4 rings (SSSR count). The fourth-order valence-corrected chi connectivity index (χ4v) is 2.68. The summed E-state index contributed by atoms with van der Waals surface area (Å²) in [6.45, 7) is 8.87. The standard InChI is InChI=1S/C19H11F3N8/c1-10-5-12(23-2)8-25-15(10)14-9-26-16-13(3-4-24-17(16)29-14)30-18-27-6-11(7-28-18)19(20,21)22/h3-9H,1H3,(H,24,27,28,29,30). The monoisotopic (exact) mass is 408 g/mol. The van der Waals surface area contributed by atoms with Crippen molar-refractivity contribution < 1.29 is 13.2 Å². The number of halogens is 3. The first kappa shape index (κ1) is 19.1. The highest BCUT2D eigenvalue weighted by Crippen LogP contribution is 2.29. The summed E-state index contributed by atoms with van der Waals surface area (Å²) in [4.78, 5) is 28.0. The smallest absolute Gasteiger partial charge is 0.322 e. The molecule has 0 aromatic carbocycles. The molecular formula is C19H11F3N8. The Morgan fingerprint density at radius 2 is 1.77 bits per heavy atom. The molecule has 4 aromatic heterocycles. The van der Waals surface area contributed by atoms with Crippen LogP contribution in [0, 0.1) is 13.5 Å². The van der Waals surface area contributed by atoms with Gasteiger partial charge in [0.2, 0.25) is 11.6 Å². The first-order valence-electron chi connectivity index (χ1n) is 8.47. The summed E-state index contributed by atoms with van der Waals surface area (Å²) in [5.74, 6) is -0.0198. The number of anilines is 2.